The standard InChI is InChI=1S/C20H32N2O2/c1-17-5-2-3-12-22(17)13-4-14-24-19-8-6-18(7-9-19)20(21)10-15-23-16-11-20/h6-9,17H,2-5,10-16,21H2,1H3. The maximum Gasteiger partial charge on any atom is 0.119 e. The fraction of sp³-hybridized carbons (Fsp3) is 0.700. The molecule has 4 heteroatoms. The lowest BCUT2D eigenvalue weighted by atomic mass is 9.84. The van der Waals surface area contributed by atoms with Crippen LogP contribution in [0.3, 0.4) is 0 Å². The fourth-order valence-corrected chi connectivity index (χ4v) is 3.85. The minimum atomic E-state index is -0.235. The monoisotopic (exact) mass is 332 g/mol. The van der Waals surface area contributed by atoms with E-state index in [1.54, 1.807) is 0 Å². The molecule has 2 fully saturated rings. The van der Waals surface area contributed by atoms with Crippen molar-refractivity contribution in [3.8, 4) is 5.75 Å². The predicted molar refractivity (Wildman–Crippen MR) is 97.4 cm³/mol. The van der Waals surface area contributed by atoms with Crippen LogP contribution in [0.2, 0.25) is 0 Å². The molecule has 24 heavy (non-hydrogen) atoms. The summed E-state index contributed by atoms with van der Waals surface area (Å²) in [6, 6.07) is 9.09. The van der Waals surface area contributed by atoms with Crippen molar-refractivity contribution in [2.24, 2.45) is 5.73 Å². The van der Waals surface area contributed by atoms with E-state index < -0.39 is 0 Å². The molecule has 2 N–H and O–H groups in total. The molecule has 2 heterocycles. The van der Waals surface area contributed by atoms with Gasteiger partial charge in [0.05, 0.1) is 6.61 Å². The smallest absolute Gasteiger partial charge is 0.119 e. The van der Waals surface area contributed by atoms with Crippen molar-refractivity contribution in [3.05, 3.63) is 29.8 Å². The van der Waals surface area contributed by atoms with Crippen molar-refractivity contribution >= 4 is 0 Å². The van der Waals surface area contributed by atoms with Gasteiger partial charge in [0.15, 0.2) is 0 Å². The van der Waals surface area contributed by atoms with Crippen LogP contribution in [0.5, 0.6) is 5.75 Å². The van der Waals surface area contributed by atoms with Gasteiger partial charge in [-0.3, -0.25) is 0 Å². The summed E-state index contributed by atoms with van der Waals surface area (Å²) in [5, 5.41) is 0. The highest BCUT2D eigenvalue weighted by Crippen LogP contribution is 2.30. The summed E-state index contributed by atoms with van der Waals surface area (Å²) < 4.78 is 11.3. The quantitative estimate of drug-likeness (QED) is 0.812. The minimum absolute atomic E-state index is 0.235. The third-order valence-electron chi connectivity index (χ3n) is 5.61. The second kappa shape index (κ2) is 8.32. The van der Waals surface area contributed by atoms with E-state index >= 15 is 0 Å². The van der Waals surface area contributed by atoms with Crippen LogP contribution >= 0.6 is 0 Å². The van der Waals surface area contributed by atoms with Gasteiger partial charge in [0.1, 0.15) is 5.75 Å². The maximum absolute atomic E-state index is 6.52. The highest BCUT2D eigenvalue weighted by atomic mass is 16.5. The zero-order valence-electron chi connectivity index (χ0n) is 15.0. The first-order valence-corrected chi connectivity index (χ1v) is 9.51. The lowest BCUT2D eigenvalue weighted by Gasteiger charge is -2.34. The van der Waals surface area contributed by atoms with Crippen LogP contribution in [0, 0.1) is 0 Å². The molecule has 0 bridgehead atoms. The summed E-state index contributed by atoms with van der Waals surface area (Å²) in [6.45, 7) is 7.03. The van der Waals surface area contributed by atoms with Gasteiger partial charge in [0.2, 0.25) is 0 Å². The Morgan fingerprint density at radius 1 is 1.21 bits per heavy atom. The van der Waals surface area contributed by atoms with Gasteiger partial charge >= 0.3 is 0 Å². The fourth-order valence-electron chi connectivity index (χ4n) is 3.85. The zero-order valence-corrected chi connectivity index (χ0v) is 15.0. The molecule has 1 aromatic carbocycles. The molecular formula is C20H32N2O2. The Bertz CT molecular complexity index is 497. The van der Waals surface area contributed by atoms with Crippen LogP contribution in [0.15, 0.2) is 24.3 Å². The SMILES string of the molecule is CC1CCCCN1CCCOc1ccc(C2(N)CCOCC2)cc1. The number of piperidine rings is 1. The van der Waals surface area contributed by atoms with E-state index in [2.05, 4.69) is 36.1 Å². The summed E-state index contributed by atoms with van der Waals surface area (Å²) in [5.41, 5.74) is 7.48. The lowest BCUT2D eigenvalue weighted by Crippen LogP contribution is -2.42. The van der Waals surface area contributed by atoms with Crippen LogP contribution < -0.4 is 10.5 Å². The second-order valence-corrected chi connectivity index (χ2v) is 7.38. The molecule has 0 aromatic heterocycles. The number of hydrogen-bond donors (Lipinski definition) is 1. The van der Waals surface area contributed by atoms with Gasteiger partial charge in [0, 0.05) is 31.3 Å². The molecule has 1 aromatic rings. The molecule has 1 unspecified atom stereocenters. The summed E-state index contributed by atoms with van der Waals surface area (Å²) in [4.78, 5) is 2.60. The topological polar surface area (TPSA) is 47.7 Å². The van der Waals surface area contributed by atoms with Crippen molar-refractivity contribution in [1.82, 2.24) is 4.90 Å². The molecule has 0 amide bonds. The summed E-state index contributed by atoms with van der Waals surface area (Å²) in [6.07, 6.45) is 6.94. The number of rotatable bonds is 6. The Hall–Kier alpha value is -1.10. The minimum Gasteiger partial charge on any atom is -0.494 e. The molecule has 2 saturated heterocycles. The first-order chi connectivity index (χ1) is 11.7. The van der Waals surface area contributed by atoms with Crippen molar-refractivity contribution < 1.29 is 9.47 Å². The van der Waals surface area contributed by atoms with Gasteiger partial charge in [0.25, 0.3) is 0 Å². The molecule has 0 spiro atoms. The highest BCUT2D eigenvalue weighted by Gasteiger charge is 2.29. The Kier molecular flexibility index (Phi) is 6.14. The summed E-state index contributed by atoms with van der Waals surface area (Å²) >= 11 is 0. The molecule has 2 aliphatic rings. The number of likely N-dealkylation sites (tertiary alicyclic amines) is 1. The van der Waals surface area contributed by atoms with Crippen LogP contribution in [0.25, 0.3) is 0 Å². The first-order valence-electron chi connectivity index (χ1n) is 9.51. The molecule has 3 rings (SSSR count). The zero-order chi connectivity index (χ0) is 16.8. The van der Waals surface area contributed by atoms with Crippen molar-refractivity contribution in [2.75, 3.05) is 32.9 Å². The van der Waals surface area contributed by atoms with Crippen LogP contribution in [-0.2, 0) is 10.3 Å². The molecule has 0 saturated carbocycles. The Balaban J connectivity index is 1.43. The first kappa shape index (κ1) is 17.7. The number of hydrogen-bond acceptors (Lipinski definition) is 4. The third kappa shape index (κ3) is 4.50. The van der Waals surface area contributed by atoms with Gasteiger partial charge in [-0.15, -0.1) is 0 Å². The molecule has 0 radical (unpaired) electrons. The maximum atomic E-state index is 6.52. The van der Waals surface area contributed by atoms with Gasteiger partial charge in [-0.05, 0) is 63.3 Å². The third-order valence-corrected chi connectivity index (χ3v) is 5.61. The largest absolute Gasteiger partial charge is 0.494 e. The van der Waals surface area contributed by atoms with E-state index in [4.69, 9.17) is 15.2 Å². The highest BCUT2D eigenvalue weighted by molar-refractivity contribution is 5.32. The number of nitrogens with two attached hydrogens (primary N) is 1. The molecule has 134 valence electrons. The molecule has 2 aliphatic heterocycles. The van der Waals surface area contributed by atoms with E-state index in [1.165, 1.54) is 31.4 Å². The number of benzene rings is 1. The summed E-state index contributed by atoms with van der Waals surface area (Å²) in [7, 11) is 0. The predicted octanol–water partition coefficient (Wildman–Crippen LogP) is 3.29. The van der Waals surface area contributed by atoms with Crippen molar-refractivity contribution in [2.45, 2.75) is 57.0 Å². The lowest BCUT2D eigenvalue weighted by molar-refractivity contribution is 0.0522. The normalized spacial score (nSPS) is 24.7. The van der Waals surface area contributed by atoms with E-state index in [1.807, 2.05) is 0 Å². The van der Waals surface area contributed by atoms with E-state index in [9.17, 15) is 0 Å². The Morgan fingerprint density at radius 3 is 2.67 bits per heavy atom. The number of nitrogens with zero attached hydrogens (tertiary/aromatic N) is 1. The van der Waals surface area contributed by atoms with Gasteiger partial charge < -0.3 is 20.1 Å². The molecular weight excluding hydrogens is 300 g/mol. The van der Waals surface area contributed by atoms with Gasteiger partial charge in [-0.2, -0.15) is 0 Å². The van der Waals surface area contributed by atoms with Crippen molar-refractivity contribution in [1.29, 1.82) is 0 Å². The average Bonchev–Trinajstić information content (AvgIpc) is 2.61. The van der Waals surface area contributed by atoms with Crippen LogP contribution in [0.1, 0.15) is 51.0 Å². The Morgan fingerprint density at radius 2 is 1.96 bits per heavy atom. The molecule has 4 nitrogen and oxygen atoms in total. The summed E-state index contributed by atoms with van der Waals surface area (Å²) in [5.74, 6) is 0.945. The van der Waals surface area contributed by atoms with Crippen LogP contribution in [0.4, 0.5) is 0 Å². The van der Waals surface area contributed by atoms with E-state index in [0.29, 0.717) is 0 Å². The van der Waals surface area contributed by atoms with E-state index in [-0.39, 0.29) is 5.54 Å². The van der Waals surface area contributed by atoms with Gasteiger partial charge in [-0.25, -0.2) is 0 Å². The Labute approximate surface area is 146 Å². The van der Waals surface area contributed by atoms with E-state index in [0.717, 1.165) is 57.4 Å². The van der Waals surface area contributed by atoms with Crippen LogP contribution in [-0.4, -0.2) is 43.9 Å². The molecule has 1 atom stereocenters. The second-order valence-electron chi connectivity index (χ2n) is 7.38. The number of ether oxygens (including phenoxy) is 2. The molecule has 0 aliphatic carbocycles. The van der Waals surface area contributed by atoms with Crippen molar-refractivity contribution in [3.63, 3.8) is 0 Å². The average molecular weight is 332 g/mol. The van der Waals surface area contributed by atoms with Gasteiger partial charge in [-0.1, -0.05) is 18.6 Å².